The van der Waals surface area contributed by atoms with Crippen molar-refractivity contribution >= 4 is 27.2 Å². The van der Waals surface area contributed by atoms with Gasteiger partial charge in [0.1, 0.15) is 12.1 Å². The van der Waals surface area contributed by atoms with Crippen molar-refractivity contribution in [3.8, 4) is 11.3 Å². The maximum atomic E-state index is 4.55. The SMILES string of the molecule is CCNc1ncnc(-c2cccc3ccsc23)c1CC. The predicted octanol–water partition coefficient (Wildman–Crippen LogP) is 4.35. The summed E-state index contributed by atoms with van der Waals surface area (Å²) in [6.07, 6.45) is 2.57. The van der Waals surface area contributed by atoms with E-state index in [1.807, 2.05) is 0 Å². The van der Waals surface area contributed by atoms with Gasteiger partial charge in [-0.1, -0.05) is 25.1 Å². The van der Waals surface area contributed by atoms with Gasteiger partial charge in [-0.3, -0.25) is 0 Å². The van der Waals surface area contributed by atoms with Gasteiger partial charge in [-0.15, -0.1) is 11.3 Å². The van der Waals surface area contributed by atoms with E-state index in [1.54, 1.807) is 17.7 Å². The monoisotopic (exact) mass is 283 g/mol. The highest BCUT2D eigenvalue weighted by Crippen LogP contribution is 2.34. The molecular formula is C16H17N3S. The summed E-state index contributed by atoms with van der Waals surface area (Å²) in [5, 5.41) is 6.74. The molecule has 3 rings (SSSR count). The van der Waals surface area contributed by atoms with Crippen LogP contribution in [0.15, 0.2) is 36.0 Å². The average molecular weight is 283 g/mol. The molecule has 0 aliphatic carbocycles. The van der Waals surface area contributed by atoms with Crippen molar-refractivity contribution in [1.82, 2.24) is 9.97 Å². The van der Waals surface area contributed by atoms with E-state index in [9.17, 15) is 0 Å². The largest absolute Gasteiger partial charge is 0.370 e. The first kappa shape index (κ1) is 13.1. The van der Waals surface area contributed by atoms with Gasteiger partial charge in [-0.25, -0.2) is 9.97 Å². The van der Waals surface area contributed by atoms with Crippen LogP contribution in [0.3, 0.4) is 0 Å². The van der Waals surface area contributed by atoms with Gasteiger partial charge in [-0.2, -0.15) is 0 Å². The number of fused-ring (bicyclic) bond motifs is 1. The molecule has 0 saturated carbocycles. The van der Waals surface area contributed by atoms with Crippen molar-refractivity contribution in [2.75, 3.05) is 11.9 Å². The fraction of sp³-hybridized carbons (Fsp3) is 0.250. The Morgan fingerprint density at radius 1 is 1.15 bits per heavy atom. The smallest absolute Gasteiger partial charge is 0.133 e. The fourth-order valence-corrected chi connectivity index (χ4v) is 3.39. The summed E-state index contributed by atoms with van der Waals surface area (Å²) in [4.78, 5) is 8.92. The first-order valence-corrected chi connectivity index (χ1v) is 7.77. The Morgan fingerprint density at radius 3 is 2.85 bits per heavy atom. The summed E-state index contributed by atoms with van der Waals surface area (Å²) in [5.74, 6) is 0.952. The lowest BCUT2D eigenvalue weighted by Gasteiger charge is -2.13. The lowest BCUT2D eigenvalue weighted by molar-refractivity contribution is 1.03. The molecule has 0 fully saturated rings. The molecule has 2 heterocycles. The summed E-state index contributed by atoms with van der Waals surface area (Å²) in [7, 11) is 0. The summed E-state index contributed by atoms with van der Waals surface area (Å²) in [6, 6.07) is 8.55. The van der Waals surface area contributed by atoms with E-state index in [1.165, 1.54) is 21.2 Å². The summed E-state index contributed by atoms with van der Waals surface area (Å²) in [5.41, 5.74) is 3.44. The third-order valence-electron chi connectivity index (χ3n) is 3.38. The quantitative estimate of drug-likeness (QED) is 0.773. The normalized spacial score (nSPS) is 10.9. The average Bonchev–Trinajstić information content (AvgIpc) is 2.95. The number of nitrogens with one attached hydrogen (secondary N) is 1. The van der Waals surface area contributed by atoms with Crippen LogP contribution < -0.4 is 5.32 Å². The lowest BCUT2D eigenvalue weighted by atomic mass is 10.0. The third-order valence-corrected chi connectivity index (χ3v) is 4.34. The summed E-state index contributed by atoms with van der Waals surface area (Å²) < 4.78 is 1.29. The van der Waals surface area contributed by atoms with E-state index in [0.29, 0.717) is 0 Å². The molecule has 4 heteroatoms. The number of benzene rings is 1. The second-order valence-corrected chi connectivity index (χ2v) is 5.49. The van der Waals surface area contributed by atoms with Gasteiger partial charge in [0.15, 0.2) is 0 Å². The van der Waals surface area contributed by atoms with E-state index in [0.717, 1.165) is 24.5 Å². The van der Waals surface area contributed by atoms with Crippen LogP contribution in [0.25, 0.3) is 21.3 Å². The van der Waals surface area contributed by atoms with Crippen LogP contribution in [0.5, 0.6) is 0 Å². The van der Waals surface area contributed by atoms with Gasteiger partial charge in [0.05, 0.1) is 5.69 Å². The van der Waals surface area contributed by atoms with Crippen molar-refractivity contribution in [3.63, 3.8) is 0 Å². The van der Waals surface area contributed by atoms with Gasteiger partial charge in [0.2, 0.25) is 0 Å². The highest BCUT2D eigenvalue weighted by atomic mass is 32.1. The van der Waals surface area contributed by atoms with E-state index < -0.39 is 0 Å². The molecule has 0 bridgehead atoms. The molecule has 1 N–H and O–H groups in total. The van der Waals surface area contributed by atoms with Crippen LogP contribution in [0.4, 0.5) is 5.82 Å². The molecule has 0 unspecified atom stereocenters. The molecular weight excluding hydrogens is 266 g/mol. The first-order valence-electron chi connectivity index (χ1n) is 6.89. The van der Waals surface area contributed by atoms with Crippen molar-refractivity contribution in [2.45, 2.75) is 20.3 Å². The van der Waals surface area contributed by atoms with Gasteiger partial charge >= 0.3 is 0 Å². The van der Waals surface area contributed by atoms with Crippen LogP contribution in [0.2, 0.25) is 0 Å². The molecule has 0 aliphatic heterocycles. The Labute approximate surface area is 122 Å². The van der Waals surface area contributed by atoms with Crippen molar-refractivity contribution in [2.24, 2.45) is 0 Å². The van der Waals surface area contributed by atoms with Crippen LogP contribution in [-0.2, 0) is 6.42 Å². The van der Waals surface area contributed by atoms with Crippen molar-refractivity contribution in [3.05, 3.63) is 41.5 Å². The molecule has 0 atom stereocenters. The number of hydrogen-bond donors (Lipinski definition) is 1. The number of thiophene rings is 1. The number of nitrogens with zero attached hydrogens (tertiary/aromatic N) is 2. The van der Waals surface area contributed by atoms with Crippen molar-refractivity contribution < 1.29 is 0 Å². The maximum Gasteiger partial charge on any atom is 0.133 e. The molecule has 0 amide bonds. The molecule has 102 valence electrons. The third kappa shape index (κ3) is 2.16. The number of rotatable bonds is 4. The lowest BCUT2D eigenvalue weighted by Crippen LogP contribution is -2.05. The van der Waals surface area contributed by atoms with Crippen LogP contribution in [0.1, 0.15) is 19.4 Å². The summed E-state index contributed by atoms with van der Waals surface area (Å²) in [6.45, 7) is 5.10. The minimum Gasteiger partial charge on any atom is -0.370 e. The minimum atomic E-state index is 0.868. The van der Waals surface area contributed by atoms with Gasteiger partial charge in [0.25, 0.3) is 0 Å². The Kier molecular flexibility index (Phi) is 3.65. The van der Waals surface area contributed by atoms with Gasteiger partial charge in [-0.05, 0) is 30.2 Å². The zero-order chi connectivity index (χ0) is 13.9. The molecule has 1 aromatic carbocycles. The van der Waals surface area contributed by atoms with Gasteiger partial charge in [0, 0.05) is 22.4 Å². The van der Waals surface area contributed by atoms with Crippen LogP contribution in [0, 0.1) is 0 Å². The number of anilines is 1. The molecule has 0 radical (unpaired) electrons. The zero-order valence-electron chi connectivity index (χ0n) is 11.7. The molecule has 20 heavy (non-hydrogen) atoms. The minimum absolute atomic E-state index is 0.868. The second kappa shape index (κ2) is 5.59. The molecule has 0 spiro atoms. The highest BCUT2D eigenvalue weighted by Gasteiger charge is 2.13. The highest BCUT2D eigenvalue weighted by molar-refractivity contribution is 7.17. The molecule has 3 aromatic rings. The Bertz CT molecular complexity index is 733. The Balaban J connectivity index is 2.23. The fourth-order valence-electron chi connectivity index (χ4n) is 2.48. The molecule has 2 aromatic heterocycles. The zero-order valence-corrected chi connectivity index (χ0v) is 12.5. The molecule has 0 saturated heterocycles. The Morgan fingerprint density at radius 2 is 2.05 bits per heavy atom. The Hall–Kier alpha value is -1.94. The van der Waals surface area contributed by atoms with Gasteiger partial charge < -0.3 is 5.32 Å². The van der Waals surface area contributed by atoms with E-state index in [4.69, 9.17) is 0 Å². The molecule has 3 nitrogen and oxygen atoms in total. The number of hydrogen-bond acceptors (Lipinski definition) is 4. The van der Waals surface area contributed by atoms with E-state index in [2.05, 4.69) is 58.8 Å². The van der Waals surface area contributed by atoms with Crippen molar-refractivity contribution in [1.29, 1.82) is 0 Å². The van der Waals surface area contributed by atoms with Crippen LogP contribution in [-0.4, -0.2) is 16.5 Å². The predicted molar refractivity (Wildman–Crippen MR) is 86.4 cm³/mol. The standard InChI is InChI=1S/C16H17N3S/c1-3-12-14(18-10-19-16(12)17-4-2)13-7-5-6-11-8-9-20-15(11)13/h5-10H,3-4H2,1-2H3,(H,17,18,19). The summed E-state index contributed by atoms with van der Waals surface area (Å²) >= 11 is 1.77. The maximum absolute atomic E-state index is 4.55. The first-order chi connectivity index (χ1) is 9.85. The topological polar surface area (TPSA) is 37.8 Å². The second-order valence-electron chi connectivity index (χ2n) is 4.58. The molecule has 0 aliphatic rings. The number of aromatic nitrogens is 2. The van der Waals surface area contributed by atoms with E-state index in [-0.39, 0.29) is 0 Å². The van der Waals surface area contributed by atoms with E-state index >= 15 is 0 Å². The van der Waals surface area contributed by atoms with Crippen LogP contribution >= 0.6 is 11.3 Å².